The Morgan fingerprint density at radius 3 is 2.04 bits per heavy atom. The zero-order valence-electron chi connectivity index (χ0n) is 37.6. The predicted molar refractivity (Wildman–Crippen MR) is 247 cm³/mol. The molecule has 0 bridgehead atoms. The molecule has 0 saturated carbocycles. The van der Waals surface area contributed by atoms with Crippen LogP contribution in [0.25, 0.3) is 0 Å². The Bertz CT molecular complexity index is 1970. The van der Waals surface area contributed by atoms with Crippen LogP contribution in [-0.4, -0.2) is 156 Å². The molecule has 3 rings (SSSR count). The molecule has 2 saturated heterocycles. The number of hydrogen-bond acceptors (Lipinski definition) is 15. The molecule has 0 aliphatic carbocycles. The van der Waals surface area contributed by atoms with Crippen molar-refractivity contribution in [3.63, 3.8) is 0 Å². The van der Waals surface area contributed by atoms with Crippen LogP contribution in [-0.2, 0) is 59.2 Å². The minimum absolute atomic E-state index is 0.00000222. The van der Waals surface area contributed by atoms with Crippen molar-refractivity contribution in [3.05, 3.63) is 35.9 Å². The minimum atomic E-state index is -1.76. The van der Waals surface area contributed by atoms with Crippen LogP contribution in [0.3, 0.4) is 0 Å². The van der Waals surface area contributed by atoms with E-state index in [4.69, 9.17) is 22.9 Å². The van der Waals surface area contributed by atoms with Crippen molar-refractivity contribution in [1.82, 2.24) is 47.4 Å². The first-order chi connectivity index (χ1) is 31.8. The van der Waals surface area contributed by atoms with Gasteiger partial charge in [0.2, 0.25) is 65.0 Å². The second-order valence-electron chi connectivity index (χ2n) is 16.0. The van der Waals surface area contributed by atoms with Crippen LogP contribution in [0.5, 0.6) is 0 Å². The number of nitrogens with zero attached hydrogens (tertiary/aromatic N) is 1. The fourth-order valence-electron chi connectivity index (χ4n) is 7.00. The SMILES string of the molecule is CC[C@H](C)[C@@H]1NC(=O)[C@H](Cc2ccccc2)NC(=O)[C@@H](N)CSSC[C@@H](C(=O)N2CCC[C@H]2C(=O)N[C@@H](CCN)C(=O)NCC(N)=O)NC(=O)[C@H](CC(N)=O)NC(=O)[C@H](CC(=O)NC)NC1=O. The topological polar surface area (TPSA) is 391 Å². The molecule has 2 aliphatic heterocycles. The summed E-state index contributed by atoms with van der Waals surface area (Å²) in [4.78, 5) is 148. The highest BCUT2D eigenvalue weighted by atomic mass is 33.1. The molecular formula is C41H63N13O11S2. The van der Waals surface area contributed by atoms with Gasteiger partial charge in [-0.05, 0) is 37.3 Å². The van der Waals surface area contributed by atoms with Gasteiger partial charge in [0.15, 0.2) is 0 Å². The summed E-state index contributed by atoms with van der Waals surface area (Å²) in [5.74, 6) is -10.2. The van der Waals surface area contributed by atoms with Crippen LogP contribution in [0, 0.1) is 5.92 Å². The van der Waals surface area contributed by atoms with Gasteiger partial charge in [-0.25, -0.2) is 0 Å². The lowest BCUT2D eigenvalue weighted by atomic mass is 9.96. The number of rotatable bonds is 16. The average Bonchev–Trinajstić information content (AvgIpc) is 3.79. The van der Waals surface area contributed by atoms with Gasteiger partial charge in [-0.3, -0.25) is 52.7 Å². The Labute approximate surface area is 395 Å². The van der Waals surface area contributed by atoms with Crippen LogP contribution in [0.2, 0.25) is 0 Å². The second-order valence-corrected chi connectivity index (χ2v) is 18.6. The van der Waals surface area contributed by atoms with Gasteiger partial charge in [0.25, 0.3) is 0 Å². The minimum Gasteiger partial charge on any atom is -0.370 e. The maximum absolute atomic E-state index is 14.4. The number of likely N-dealkylation sites (tertiary alicyclic amines) is 1. The molecule has 67 heavy (non-hydrogen) atoms. The number of primary amides is 2. The van der Waals surface area contributed by atoms with Gasteiger partial charge >= 0.3 is 0 Å². The summed E-state index contributed by atoms with van der Waals surface area (Å²) in [5.41, 5.74) is 23.3. The van der Waals surface area contributed by atoms with E-state index in [1.54, 1.807) is 44.2 Å². The van der Waals surface area contributed by atoms with E-state index in [-0.39, 0.29) is 43.9 Å². The molecule has 2 fully saturated rings. The van der Waals surface area contributed by atoms with Crippen molar-refractivity contribution in [2.45, 2.75) is 107 Å². The van der Waals surface area contributed by atoms with Crippen LogP contribution in [0.4, 0.5) is 0 Å². The van der Waals surface area contributed by atoms with Gasteiger partial charge in [0, 0.05) is 31.5 Å². The summed E-state index contributed by atoms with van der Waals surface area (Å²) in [6.45, 7) is 2.94. The first-order valence-corrected chi connectivity index (χ1v) is 24.2. The fraction of sp³-hybridized carbons (Fsp3) is 0.585. The van der Waals surface area contributed by atoms with Gasteiger partial charge in [-0.15, -0.1) is 0 Å². The average molecular weight is 978 g/mol. The van der Waals surface area contributed by atoms with E-state index in [1.165, 1.54) is 11.9 Å². The summed E-state index contributed by atoms with van der Waals surface area (Å²) >= 11 is 0. The van der Waals surface area contributed by atoms with Gasteiger partial charge in [-0.2, -0.15) is 0 Å². The molecule has 26 heteroatoms. The van der Waals surface area contributed by atoms with Crippen molar-refractivity contribution in [1.29, 1.82) is 0 Å². The zero-order chi connectivity index (χ0) is 49.8. The molecule has 1 aromatic carbocycles. The molecule has 2 heterocycles. The number of amides is 11. The third-order valence-electron chi connectivity index (χ3n) is 10.9. The Kier molecular flexibility index (Phi) is 22.8. The Balaban J connectivity index is 2.04. The molecule has 370 valence electrons. The smallest absolute Gasteiger partial charge is 0.246 e. The first kappa shape index (κ1) is 55.3. The van der Waals surface area contributed by atoms with Gasteiger partial charge < -0.3 is 70.4 Å². The maximum atomic E-state index is 14.4. The number of nitrogens with two attached hydrogens (primary N) is 4. The van der Waals surface area contributed by atoms with Gasteiger partial charge in [-0.1, -0.05) is 72.2 Å². The summed E-state index contributed by atoms with van der Waals surface area (Å²) < 4.78 is 0. The van der Waals surface area contributed by atoms with Crippen LogP contribution >= 0.6 is 21.6 Å². The number of benzene rings is 1. The summed E-state index contributed by atoms with van der Waals surface area (Å²) in [7, 11) is 3.36. The molecule has 0 spiro atoms. The number of carbonyl (C=O) groups excluding carboxylic acids is 11. The fourth-order valence-corrected chi connectivity index (χ4v) is 9.28. The monoisotopic (exact) mass is 977 g/mol. The van der Waals surface area contributed by atoms with Crippen molar-refractivity contribution in [2.75, 3.05) is 38.2 Å². The molecule has 1 aromatic rings. The van der Waals surface area contributed by atoms with E-state index in [2.05, 4.69) is 42.5 Å². The third kappa shape index (κ3) is 17.6. The molecule has 9 atom stereocenters. The molecule has 2 aliphatic rings. The zero-order valence-corrected chi connectivity index (χ0v) is 39.3. The lowest BCUT2D eigenvalue weighted by molar-refractivity contribution is -0.142. The van der Waals surface area contributed by atoms with E-state index in [1.807, 2.05) is 0 Å². The molecular weight excluding hydrogens is 915 g/mol. The quantitative estimate of drug-likeness (QED) is 0.0690. The lowest BCUT2D eigenvalue weighted by Crippen LogP contribution is -2.62. The predicted octanol–water partition coefficient (Wildman–Crippen LogP) is -5.14. The summed E-state index contributed by atoms with van der Waals surface area (Å²) in [5, 5.41) is 20.0. The van der Waals surface area contributed by atoms with E-state index < -0.39 is 139 Å². The van der Waals surface area contributed by atoms with Gasteiger partial charge in [0.1, 0.15) is 42.3 Å². The van der Waals surface area contributed by atoms with E-state index in [9.17, 15) is 52.7 Å². The molecule has 11 amide bonds. The van der Waals surface area contributed by atoms with Crippen LogP contribution < -0.4 is 65.5 Å². The lowest BCUT2D eigenvalue weighted by Gasteiger charge is -2.31. The first-order valence-electron chi connectivity index (χ1n) is 21.7. The summed E-state index contributed by atoms with van der Waals surface area (Å²) in [6, 6.07) is -2.23. The van der Waals surface area contributed by atoms with E-state index in [0.29, 0.717) is 18.4 Å². The van der Waals surface area contributed by atoms with E-state index >= 15 is 0 Å². The highest BCUT2D eigenvalue weighted by Crippen LogP contribution is 2.26. The van der Waals surface area contributed by atoms with Gasteiger partial charge in [0.05, 0.1) is 25.4 Å². The molecule has 0 aromatic heterocycles. The van der Waals surface area contributed by atoms with E-state index in [0.717, 1.165) is 21.6 Å². The largest absolute Gasteiger partial charge is 0.370 e. The highest BCUT2D eigenvalue weighted by Gasteiger charge is 2.41. The molecule has 16 N–H and O–H groups in total. The Hall–Kier alpha value is -5.99. The van der Waals surface area contributed by atoms with Crippen LogP contribution in [0.15, 0.2) is 30.3 Å². The molecule has 0 radical (unpaired) electrons. The Morgan fingerprint density at radius 1 is 0.806 bits per heavy atom. The van der Waals surface area contributed by atoms with Crippen molar-refractivity contribution >= 4 is 86.6 Å². The normalized spacial score (nSPS) is 24.5. The second kappa shape index (κ2) is 27.6. The van der Waals surface area contributed by atoms with Crippen molar-refractivity contribution < 1.29 is 52.7 Å². The molecule has 0 unspecified atom stereocenters. The number of carbonyl (C=O) groups is 11. The molecule has 24 nitrogen and oxygen atoms in total. The summed E-state index contributed by atoms with van der Waals surface area (Å²) in [6.07, 6.45) is -0.628. The third-order valence-corrected chi connectivity index (χ3v) is 13.4. The maximum Gasteiger partial charge on any atom is 0.246 e. The van der Waals surface area contributed by atoms with Crippen LogP contribution in [0.1, 0.15) is 57.9 Å². The van der Waals surface area contributed by atoms with Crippen molar-refractivity contribution in [2.24, 2.45) is 28.9 Å². The number of hydrogen-bond donors (Lipinski definition) is 12. The number of nitrogens with one attached hydrogen (secondary N) is 8. The van der Waals surface area contributed by atoms with Crippen molar-refractivity contribution in [3.8, 4) is 0 Å². The highest BCUT2D eigenvalue weighted by molar-refractivity contribution is 8.76. The standard InChI is InChI=1S/C41H63N13O11S2/c1-4-21(2)33-40(64)51-27(17-32(57)46-3)37(61)50-26(16-30(44)55)36(60)52-28(20-67-66-19-23(43)34(58)49-25(38(62)53-33)15-22-9-6-5-7-10-22)41(65)54-14-8-11-29(54)39(63)48-24(12-13-42)35(59)47-18-31(45)56/h5-7,9-10,21,23-29,33H,4,8,11-20,42-43H2,1-3H3,(H2,44,55)(H2,45,56)(H,46,57)(H,47,59)(H,48,63)(H,49,58)(H,50,61)(H,51,64)(H,52,60)(H,53,62)/t21-,23-,24-,25-,26-,27-,28-,29-,33-/m0/s1. The Morgan fingerprint density at radius 2 is 1.42 bits per heavy atom.